The summed E-state index contributed by atoms with van der Waals surface area (Å²) < 4.78 is 5.13. The highest BCUT2D eigenvalue weighted by molar-refractivity contribution is 5.12. The molecule has 3 heteroatoms. The van der Waals surface area contributed by atoms with Gasteiger partial charge in [0.25, 0.3) is 0 Å². The van der Waals surface area contributed by atoms with Crippen molar-refractivity contribution in [1.82, 2.24) is 10.3 Å². The predicted molar refractivity (Wildman–Crippen MR) is 55.3 cm³/mol. The van der Waals surface area contributed by atoms with E-state index in [1.165, 1.54) is 5.69 Å². The summed E-state index contributed by atoms with van der Waals surface area (Å²) >= 11 is 0. The second-order valence-electron chi connectivity index (χ2n) is 3.75. The topological polar surface area (TPSA) is 34.1 Å². The molecule has 1 saturated heterocycles. The Morgan fingerprint density at radius 2 is 2.50 bits per heavy atom. The first-order valence-electron chi connectivity index (χ1n) is 5.03. The van der Waals surface area contributed by atoms with Crippen LogP contribution >= 0.6 is 0 Å². The molecule has 0 saturated carbocycles. The number of hydrogen-bond acceptors (Lipinski definition) is 3. The predicted octanol–water partition coefficient (Wildman–Crippen LogP) is 1.17. The van der Waals surface area contributed by atoms with Crippen molar-refractivity contribution in [3.05, 3.63) is 30.1 Å². The highest BCUT2D eigenvalue weighted by Crippen LogP contribution is 2.23. The van der Waals surface area contributed by atoms with Gasteiger partial charge in [-0.1, -0.05) is 6.07 Å². The molecule has 14 heavy (non-hydrogen) atoms. The van der Waals surface area contributed by atoms with E-state index in [0.717, 1.165) is 19.6 Å². The third-order valence-electron chi connectivity index (χ3n) is 2.70. The van der Waals surface area contributed by atoms with Gasteiger partial charge in [0.05, 0.1) is 6.61 Å². The van der Waals surface area contributed by atoms with Gasteiger partial charge < -0.3 is 10.1 Å². The molecule has 1 aromatic heterocycles. The fraction of sp³-hybridized carbons (Fsp3) is 0.545. The molecular formula is C11H16N2O. The van der Waals surface area contributed by atoms with Crippen LogP contribution in [0.15, 0.2) is 24.4 Å². The van der Waals surface area contributed by atoms with E-state index in [1.54, 1.807) is 7.11 Å². The highest BCUT2D eigenvalue weighted by Gasteiger charge is 2.25. The third kappa shape index (κ3) is 2.11. The van der Waals surface area contributed by atoms with E-state index in [4.69, 9.17) is 4.74 Å². The van der Waals surface area contributed by atoms with Crippen molar-refractivity contribution in [1.29, 1.82) is 0 Å². The van der Waals surface area contributed by atoms with Gasteiger partial charge in [0.1, 0.15) is 0 Å². The van der Waals surface area contributed by atoms with Crippen LogP contribution in [0.2, 0.25) is 0 Å². The van der Waals surface area contributed by atoms with Crippen LogP contribution in [0, 0.1) is 0 Å². The lowest BCUT2D eigenvalue weighted by molar-refractivity contribution is 0.173. The molecule has 1 aromatic rings. The number of ether oxygens (including phenoxy) is 1. The summed E-state index contributed by atoms with van der Waals surface area (Å²) in [6.45, 7) is 1.81. The molecule has 0 aliphatic carbocycles. The van der Waals surface area contributed by atoms with Gasteiger partial charge in [-0.25, -0.2) is 0 Å². The maximum absolute atomic E-state index is 5.13. The van der Waals surface area contributed by atoms with Crippen molar-refractivity contribution in [3.63, 3.8) is 0 Å². The van der Waals surface area contributed by atoms with Crippen LogP contribution in [-0.2, 0) is 4.74 Å². The van der Waals surface area contributed by atoms with Crippen LogP contribution in [0.3, 0.4) is 0 Å². The van der Waals surface area contributed by atoms with Gasteiger partial charge in [-0.05, 0) is 18.6 Å². The van der Waals surface area contributed by atoms with E-state index in [1.807, 2.05) is 18.3 Å². The standard InChI is InChI=1S/C11H16N2O/c1-14-8-10-6-9(7-13-10)11-4-2-3-5-12-11/h2-5,9-10,13H,6-8H2,1H3. The Bertz CT molecular complexity index is 276. The first-order chi connectivity index (χ1) is 6.90. The summed E-state index contributed by atoms with van der Waals surface area (Å²) in [7, 11) is 1.75. The number of hydrogen-bond donors (Lipinski definition) is 1. The molecule has 1 aliphatic heterocycles. The van der Waals surface area contributed by atoms with E-state index < -0.39 is 0 Å². The lowest BCUT2D eigenvalue weighted by Crippen LogP contribution is -2.25. The molecule has 0 amide bonds. The Kier molecular flexibility index (Phi) is 3.11. The van der Waals surface area contributed by atoms with Crippen molar-refractivity contribution >= 4 is 0 Å². The number of rotatable bonds is 3. The summed E-state index contributed by atoms with van der Waals surface area (Å²) in [5, 5.41) is 3.44. The number of pyridine rings is 1. The fourth-order valence-corrected chi connectivity index (χ4v) is 1.99. The maximum atomic E-state index is 5.13. The average molecular weight is 192 g/mol. The molecule has 0 spiro atoms. The number of methoxy groups -OCH3 is 1. The van der Waals surface area contributed by atoms with Gasteiger partial charge in [0, 0.05) is 37.5 Å². The minimum Gasteiger partial charge on any atom is -0.383 e. The van der Waals surface area contributed by atoms with Crippen LogP contribution in [0.5, 0.6) is 0 Å². The summed E-state index contributed by atoms with van der Waals surface area (Å²) in [6, 6.07) is 6.60. The summed E-state index contributed by atoms with van der Waals surface area (Å²) in [5.41, 5.74) is 1.19. The van der Waals surface area contributed by atoms with Crippen LogP contribution < -0.4 is 5.32 Å². The second-order valence-corrected chi connectivity index (χ2v) is 3.75. The van der Waals surface area contributed by atoms with Crippen molar-refractivity contribution in [2.75, 3.05) is 20.3 Å². The van der Waals surface area contributed by atoms with Gasteiger partial charge in [0.15, 0.2) is 0 Å². The molecule has 1 fully saturated rings. The molecule has 2 rings (SSSR count). The molecule has 0 aromatic carbocycles. The smallest absolute Gasteiger partial charge is 0.0616 e. The van der Waals surface area contributed by atoms with Gasteiger partial charge in [-0.2, -0.15) is 0 Å². The minimum absolute atomic E-state index is 0.493. The third-order valence-corrected chi connectivity index (χ3v) is 2.70. The summed E-state index contributed by atoms with van der Waals surface area (Å²) in [6.07, 6.45) is 2.99. The average Bonchev–Trinajstić information content (AvgIpc) is 2.68. The first kappa shape index (κ1) is 9.62. The Balaban J connectivity index is 1.96. The zero-order valence-corrected chi connectivity index (χ0v) is 8.44. The normalized spacial score (nSPS) is 26.6. The molecule has 0 bridgehead atoms. The summed E-state index contributed by atoms with van der Waals surface area (Å²) in [4.78, 5) is 4.37. The lowest BCUT2D eigenvalue weighted by atomic mass is 10.0. The van der Waals surface area contributed by atoms with E-state index in [2.05, 4.69) is 16.4 Å². The fourth-order valence-electron chi connectivity index (χ4n) is 1.99. The second kappa shape index (κ2) is 4.53. The molecule has 2 unspecified atom stereocenters. The molecule has 2 heterocycles. The summed E-state index contributed by atoms with van der Waals surface area (Å²) in [5.74, 6) is 0.552. The minimum atomic E-state index is 0.493. The van der Waals surface area contributed by atoms with Crippen molar-refractivity contribution in [3.8, 4) is 0 Å². The Morgan fingerprint density at radius 3 is 3.21 bits per heavy atom. The van der Waals surface area contributed by atoms with Crippen LogP contribution in [-0.4, -0.2) is 31.3 Å². The molecule has 3 nitrogen and oxygen atoms in total. The van der Waals surface area contributed by atoms with Gasteiger partial charge in [-0.3, -0.25) is 4.98 Å². The first-order valence-corrected chi connectivity index (χ1v) is 5.03. The highest BCUT2D eigenvalue weighted by atomic mass is 16.5. The Labute approximate surface area is 84.5 Å². The Hall–Kier alpha value is -0.930. The molecule has 1 aliphatic rings. The van der Waals surface area contributed by atoms with Crippen molar-refractivity contribution < 1.29 is 4.74 Å². The molecule has 2 atom stereocenters. The zero-order valence-electron chi connectivity index (χ0n) is 8.44. The SMILES string of the molecule is COCC1CC(c2ccccn2)CN1. The molecule has 1 N–H and O–H groups in total. The van der Waals surface area contributed by atoms with Crippen LogP contribution in [0.1, 0.15) is 18.0 Å². The van der Waals surface area contributed by atoms with Gasteiger partial charge >= 0.3 is 0 Å². The monoisotopic (exact) mass is 192 g/mol. The number of aromatic nitrogens is 1. The lowest BCUT2D eigenvalue weighted by Gasteiger charge is -2.08. The van der Waals surface area contributed by atoms with E-state index in [0.29, 0.717) is 12.0 Å². The quantitative estimate of drug-likeness (QED) is 0.780. The zero-order chi connectivity index (χ0) is 9.80. The van der Waals surface area contributed by atoms with Crippen LogP contribution in [0.4, 0.5) is 0 Å². The van der Waals surface area contributed by atoms with Crippen molar-refractivity contribution in [2.24, 2.45) is 0 Å². The number of nitrogens with one attached hydrogen (secondary N) is 1. The molecule has 76 valence electrons. The maximum Gasteiger partial charge on any atom is 0.0616 e. The largest absolute Gasteiger partial charge is 0.383 e. The van der Waals surface area contributed by atoms with E-state index in [-0.39, 0.29) is 0 Å². The van der Waals surface area contributed by atoms with E-state index in [9.17, 15) is 0 Å². The van der Waals surface area contributed by atoms with E-state index >= 15 is 0 Å². The van der Waals surface area contributed by atoms with Crippen molar-refractivity contribution in [2.45, 2.75) is 18.4 Å². The number of nitrogens with zero attached hydrogens (tertiary/aromatic N) is 1. The van der Waals surface area contributed by atoms with Gasteiger partial charge in [0.2, 0.25) is 0 Å². The molecular weight excluding hydrogens is 176 g/mol. The van der Waals surface area contributed by atoms with Gasteiger partial charge in [-0.15, -0.1) is 0 Å². The van der Waals surface area contributed by atoms with Crippen LogP contribution in [0.25, 0.3) is 0 Å². The molecule has 0 radical (unpaired) electrons. The Morgan fingerprint density at radius 1 is 1.57 bits per heavy atom.